The molecule has 2 N–H and O–H groups in total. The Morgan fingerprint density at radius 1 is 0.935 bits per heavy atom. The zero-order valence-corrected chi connectivity index (χ0v) is 16.8. The fourth-order valence-corrected chi connectivity index (χ4v) is 3.01. The molecule has 0 aliphatic carbocycles. The summed E-state index contributed by atoms with van der Waals surface area (Å²) < 4.78 is 19.3. The van der Waals surface area contributed by atoms with E-state index in [1.165, 1.54) is 23.1 Å². The van der Waals surface area contributed by atoms with Crippen molar-refractivity contribution in [2.24, 2.45) is 0 Å². The molecule has 3 rings (SSSR count). The molecule has 7 heteroatoms. The number of carbonyl (C=O) groups is 2. The molecule has 31 heavy (non-hydrogen) atoms. The second kappa shape index (κ2) is 10.9. The van der Waals surface area contributed by atoms with Gasteiger partial charge >= 0.3 is 0 Å². The van der Waals surface area contributed by atoms with Gasteiger partial charge in [0.25, 0.3) is 11.8 Å². The number of aliphatic hydroxyl groups excluding tert-OH is 1. The summed E-state index contributed by atoms with van der Waals surface area (Å²) in [5.74, 6) is -1.20. The number of benzene rings is 3. The molecule has 2 amide bonds. The molecule has 0 atom stereocenters. The number of ether oxygens (including phenoxy) is 1. The summed E-state index contributed by atoms with van der Waals surface area (Å²) >= 11 is 0. The molecule has 0 saturated heterocycles. The van der Waals surface area contributed by atoms with Crippen LogP contribution in [0.25, 0.3) is 0 Å². The first kappa shape index (κ1) is 22.0. The number of para-hydroxylation sites is 2. The molecule has 0 spiro atoms. The van der Waals surface area contributed by atoms with Crippen LogP contribution in [-0.2, 0) is 11.3 Å². The minimum absolute atomic E-state index is 0.0532. The third kappa shape index (κ3) is 6.13. The van der Waals surface area contributed by atoms with Crippen LogP contribution in [0.1, 0.15) is 15.9 Å². The monoisotopic (exact) mass is 422 g/mol. The first-order chi connectivity index (χ1) is 15.1. The molecule has 0 radical (unpaired) electrons. The van der Waals surface area contributed by atoms with Crippen molar-refractivity contribution in [3.05, 3.63) is 95.8 Å². The van der Waals surface area contributed by atoms with Crippen LogP contribution in [0.5, 0.6) is 5.75 Å². The Hall–Kier alpha value is -3.71. The Labute approximate surface area is 179 Å². The number of aliphatic hydroxyl groups is 1. The van der Waals surface area contributed by atoms with E-state index in [1.54, 1.807) is 30.3 Å². The highest BCUT2D eigenvalue weighted by atomic mass is 19.1. The lowest BCUT2D eigenvalue weighted by Crippen LogP contribution is -2.33. The van der Waals surface area contributed by atoms with Gasteiger partial charge in [0.2, 0.25) is 0 Å². The van der Waals surface area contributed by atoms with Crippen molar-refractivity contribution in [3.8, 4) is 5.75 Å². The van der Waals surface area contributed by atoms with Crippen LogP contribution in [-0.4, -0.2) is 41.6 Å². The van der Waals surface area contributed by atoms with Gasteiger partial charge in [0.15, 0.2) is 6.61 Å². The fraction of sp³-hybridized carbons (Fsp3) is 0.167. The van der Waals surface area contributed by atoms with Crippen molar-refractivity contribution in [2.45, 2.75) is 6.54 Å². The predicted molar refractivity (Wildman–Crippen MR) is 115 cm³/mol. The van der Waals surface area contributed by atoms with Crippen LogP contribution in [0, 0.1) is 5.82 Å². The lowest BCUT2D eigenvalue weighted by molar-refractivity contribution is -0.118. The highest BCUT2D eigenvalue weighted by Crippen LogP contribution is 2.21. The van der Waals surface area contributed by atoms with E-state index < -0.39 is 18.3 Å². The molecule has 0 unspecified atom stereocenters. The number of hydrogen-bond donors (Lipinski definition) is 2. The summed E-state index contributed by atoms with van der Waals surface area (Å²) in [7, 11) is 0. The maximum atomic E-state index is 13.7. The molecular formula is C24H23FN2O4. The van der Waals surface area contributed by atoms with Gasteiger partial charge in [0.05, 0.1) is 17.9 Å². The summed E-state index contributed by atoms with van der Waals surface area (Å²) in [5.41, 5.74) is 1.25. The van der Waals surface area contributed by atoms with Crippen LogP contribution in [0.4, 0.5) is 10.1 Å². The van der Waals surface area contributed by atoms with E-state index >= 15 is 0 Å². The van der Waals surface area contributed by atoms with Crippen LogP contribution >= 0.6 is 0 Å². The van der Waals surface area contributed by atoms with Gasteiger partial charge in [0.1, 0.15) is 11.6 Å². The Balaban J connectivity index is 1.70. The summed E-state index contributed by atoms with van der Waals surface area (Å²) in [6, 6.07) is 21.8. The van der Waals surface area contributed by atoms with Crippen molar-refractivity contribution >= 4 is 17.5 Å². The number of anilines is 1. The Morgan fingerprint density at radius 3 is 2.35 bits per heavy atom. The molecule has 0 saturated carbocycles. The number of hydrogen-bond acceptors (Lipinski definition) is 4. The van der Waals surface area contributed by atoms with Crippen molar-refractivity contribution in [3.63, 3.8) is 0 Å². The van der Waals surface area contributed by atoms with Crippen LogP contribution in [0.15, 0.2) is 78.9 Å². The molecule has 0 aromatic heterocycles. The third-order valence-electron chi connectivity index (χ3n) is 4.50. The SMILES string of the molecule is O=C(COc1ccccc1C(=O)N(CCO)Cc1ccccc1)Nc1ccccc1F. The molecular weight excluding hydrogens is 399 g/mol. The topological polar surface area (TPSA) is 78.9 Å². The number of nitrogens with zero attached hydrogens (tertiary/aromatic N) is 1. The van der Waals surface area contributed by atoms with Crippen LogP contribution in [0.3, 0.4) is 0 Å². The van der Waals surface area contributed by atoms with Gasteiger partial charge in [-0.15, -0.1) is 0 Å². The minimum atomic E-state index is -0.552. The van der Waals surface area contributed by atoms with Crippen molar-refractivity contribution in [1.82, 2.24) is 4.90 Å². The second-order valence-electron chi connectivity index (χ2n) is 6.75. The third-order valence-corrected chi connectivity index (χ3v) is 4.50. The van der Waals surface area contributed by atoms with Gasteiger partial charge in [-0.05, 0) is 29.8 Å². The molecule has 3 aromatic rings. The average Bonchev–Trinajstić information content (AvgIpc) is 2.79. The average molecular weight is 422 g/mol. The normalized spacial score (nSPS) is 10.4. The first-order valence-electron chi connectivity index (χ1n) is 9.78. The minimum Gasteiger partial charge on any atom is -0.483 e. The highest BCUT2D eigenvalue weighted by Gasteiger charge is 2.20. The maximum Gasteiger partial charge on any atom is 0.262 e. The summed E-state index contributed by atoms with van der Waals surface area (Å²) in [5, 5.41) is 11.8. The van der Waals surface area contributed by atoms with Crippen LogP contribution < -0.4 is 10.1 Å². The van der Waals surface area contributed by atoms with Gasteiger partial charge in [0, 0.05) is 13.1 Å². The summed E-state index contributed by atoms with van der Waals surface area (Å²) in [6.07, 6.45) is 0. The number of amides is 2. The standard InChI is InChI=1S/C24H23FN2O4/c25-20-11-5-6-12-21(20)26-23(29)17-31-22-13-7-4-10-19(22)24(30)27(14-15-28)16-18-8-2-1-3-9-18/h1-13,28H,14-17H2,(H,26,29). The van der Waals surface area contributed by atoms with Gasteiger partial charge in [-0.25, -0.2) is 4.39 Å². The number of rotatable bonds is 9. The van der Waals surface area contributed by atoms with E-state index in [2.05, 4.69) is 5.32 Å². The number of carbonyl (C=O) groups excluding carboxylic acids is 2. The fourth-order valence-electron chi connectivity index (χ4n) is 3.01. The number of nitrogens with one attached hydrogen (secondary N) is 1. The van der Waals surface area contributed by atoms with E-state index in [-0.39, 0.29) is 36.1 Å². The lowest BCUT2D eigenvalue weighted by atomic mass is 10.1. The Morgan fingerprint density at radius 2 is 1.61 bits per heavy atom. The molecule has 6 nitrogen and oxygen atoms in total. The lowest BCUT2D eigenvalue weighted by Gasteiger charge is -2.23. The summed E-state index contributed by atoms with van der Waals surface area (Å²) in [4.78, 5) is 26.8. The van der Waals surface area contributed by atoms with Crippen molar-refractivity contribution in [1.29, 1.82) is 0 Å². The van der Waals surface area contributed by atoms with Gasteiger partial charge < -0.3 is 20.1 Å². The van der Waals surface area contributed by atoms with Gasteiger partial charge in [-0.3, -0.25) is 9.59 Å². The van der Waals surface area contributed by atoms with E-state index in [9.17, 15) is 19.1 Å². The zero-order valence-electron chi connectivity index (χ0n) is 16.8. The molecule has 160 valence electrons. The van der Waals surface area contributed by atoms with Crippen molar-refractivity contribution in [2.75, 3.05) is 25.1 Å². The predicted octanol–water partition coefficient (Wildman–Crippen LogP) is 3.48. The second-order valence-corrected chi connectivity index (χ2v) is 6.75. The highest BCUT2D eigenvalue weighted by molar-refractivity contribution is 5.97. The van der Waals surface area contributed by atoms with Gasteiger partial charge in [-0.2, -0.15) is 0 Å². The van der Waals surface area contributed by atoms with Crippen molar-refractivity contribution < 1.29 is 23.8 Å². The first-order valence-corrected chi connectivity index (χ1v) is 9.78. The smallest absolute Gasteiger partial charge is 0.262 e. The quantitative estimate of drug-likeness (QED) is 0.553. The van der Waals surface area contributed by atoms with E-state index in [0.29, 0.717) is 6.54 Å². The number of halogens is 1. The molecule has 3 aromatic carbocycles. The van der Waals surface area contributed by atoms with Gasteiger partial charge in [-0.1, -0.05) is 54.6 Å². The van der Waals surface area contributed by atoms with E-state index in [4.69, 9.17) is 4.74 Å². The maximum absolute atomic E-state index is 13.7. The van der Waals surface area contributed by atoms with E-state index in [0.717, 1.165) is 5.56 Å². The molecule has 0 bridgehead atoms. The Bertz CT molecular complexity index is 1030. The van der Waals surface area contributed by atoms with Crippen LogP contribution in [0.2, 0.25) is 0 Å². The molecule has 0 fully saturated rings. The van der Waals surface area contributed by atoms with E-state index in [1.807, 2.05) is 30.3 Å². The molecule has 0 heterocycles. The molecule has 0 aliphatic rings. The molecule has 0 aliphatic heterocycles. The summed E-state index contributed by atoms with van der Waals surface area (Å²) in [6.45, 7) is -0.109. The Kier molecular flexibility index (Phi) is 7.73. The largest absolute Gasteiger partial charge is 0.483 e. The zero-order chi connectivity index (χ0) is 22.1.